The number of anilines is 1. The van der Waals surface area contributed by atoms with Crippen molar-refractivity contribution in [3.05, 3.63) is 35.7 Å². The lowest BCUT2D eigenvalue weighted by molar-refractivity contribution is 0.101. The van der Waals surface area contributed by atoms with Crippen molar-refractivity contribution in [3.63, 3.8) is 0 Å². The van der Waals surface area contributed by atoms with E-state index in [1.165, 1.54) is 0 Å². The van der Waals surface area contributed by atoms with E-state index in [4.69, 9.17) is 14.0 Å². The predicted molar refractivity (Wildman–Crippen MR) is 66.6 cm³/mol. The number of nitrogens with zero attached hydrogens (tertiary/aromatic N) is 1. The lowest BCUT2D eigenvalue weighted by atomic mass is 10.2. The van der Waals surface area contributed by atoms with E-state index in [0.717, 1.165) is 0 Å². The standard InChI is InChI=1S/C13H12N2O4/c1-8-6-10(15-19-8)13(16)14-9-2-3-11-12(7-9)18-5-4-17-11/h2-3,6-7H,4-5H2,1H3,(H,14,16). The number of aryl methyl sites for hydroxylation is 1. The summed E-state index contributed by atoms with van der Waals surface area (Å²) in [6.45, 7) is 2.78. The van der Waals surface area contributed by atoms with Gasteiger partial charge in [0.1, 0.15) is 19.0 Å². The Morgan fingerprint density at radius 1 is 1.21 bits per heavy atom. The van der Waals surface area contributed by atoms with E-state index in [9.17, 15) is 4.79 Å². The van der Waals surface area contributed by atoms with Crippen molar-refractivity contribution < 1.29 is 18.8 Å². The highest BCUT2D eigenvalue weighted by Gasteiger charge is 2.15. The molecule has 2 heterocycles. The van der Waals surface area contributed by atoms with E-state index in [0.29, 0.717) is 36.2 Å². The molecule has 98 valence electrons. The maximum Gasteiger partial charge on any atom is 0.277 e. The normalized spacial score (nSPS) is 13.1. The zero-order valence-electron chi connectivity index (χ0n) is 10.3. The predicted octanol–water partition coefficient (Wildman–Crippen LogP) is 2.01. The van der Waals surface area contributed by atoms with Crippen LogP contribution in [0.5, 0.6) is 11.5 Å². The Kier molecular flexibility index (Phi) is 2.83. The molecule has 0 unspecified atom stereocenters. The molecule has 0 aliphatic carbocycles. The molecule has 1 aliphatic heterocycles. The van der Waals surface area contributed by atoms with Crippen LogP contribution in [0.3, 0.4) is 0 Å². The molecule has 0 bridgehead atoms. The van der Waals surface area contributed by atoms with Crippen LogP contribution in [0.2, 0.25) is 0 Å². The summed E-state index contributed by atoms with van der Waals surface area (Å²) < 4.78 is 15.7. The maximum atomic E-state index is 11.9. The van der Waals surface area contributed by atoms with Crippen LogP contribution in [-0.2, 0) is 0 Å². The summed E-state index contributed by atoms with van der Waals surface area (Å²) >= 11 is 0. The summed E-state index contributed by atoms with van der Waals surface area (Å²) in [4.78, 5) is 11.9. The molecule has 0 spiro atoms. The van der Waals surface area contributed by atoms with E-state index in [1.54, 1.807) is 31.2 Å². The van der Waals surface area contributed by atoms with Crippen LogP contribution in [0.25, 0.3) is 0 Å². The average Bonchev–Trinajstić information content (AvgIpc) is 2.85. The van der Waals surface area contributed by atoms with Crippen molar-refractivity contribution in [3.8, 4) is 11.5 Å². The molecule has 6 nitrogen and oxygen atoms in total. The summed E-state index contributed by atoms with van der Waals surface area (Å²) in [5.74, 6) is 1.57. The van der Waals surface area contributed by atoms with Gasteiger partial charge in [0.25, 0.3) is 5.91 Å². The number of rotatable bonds is 2. The second-order valence-corrected chi connectivity index (χ2v) is 4.14. The Hall–Kier alpha value is -2.50. The number of ether oxygens (including phenoxy) is 2. The van der Waals surface area contributed by atoms with Crippen molar-refractivity contribution >= 4 is 11.6 Å². The molecule has 2 aromatic rings. The lowest BCUT2D eigenvalue weighted by Gasteiger charge is -2.18. The van der Waals surface area contributed by atoms with Gasteiger partial charge in [-0.15, -0.1) is 0 Å². The van der Waals surface area contributed by atoms with Gasteiger partial charge in [0.15, 0.2) is 17.2 Å². The van der Waals surface area contributed by atoms with E-state index >= 15 is 0 Å². The molecule has 3 rings (SSSR count). The van der Waals surface area contributed by atoms with Crippen LogP contribution in [0.1, 0.15) is 16.2 Å². The number of aromatic nitrogens is 1. The van der Waals surface area contributed by atoms with E-state index < -0.39 is 0 Å². The molecule has 6 heteroatoms. The summed E-state index contributed by atoms with van der Waals surface area (Å²) in [6, 6.07) is 6.81. The first-order valence-corrected chi connectivity index (χ1v) is 5.87. The Morgan fingerprint density at radius 3 is 2.74 bits per heavy atom. The van der Waals surface area contributed by atoms with E-state index in [-0.39, 0.29) is 11.6 Å². The number of hydrogen-bond acceptors (Lipinski definition) is 5. The number of nitrogens with one attached hydrogen (secondary N) is 1. The number of benzene rings is 1. The van der Waals surface area contributed by atoms with Gasteiger partial charge < -0.3 is 19.3 Å². The van der Waals surface area contributed by atoms with Gasteiger partial charge in [0.2, 0.25) is 0 Å². The summed E-state index contributed by atoms with van der Waals surface area (Å²) in [5, 5.41) is 6.38. The summed E-state index contributed by atoms with van der Waals surface area (Å²) in [7, 11) is 0. The maximum absolute atomic E-state index is 11.9. The molecule has 1 N–H and O–H groups in total. The van der Waals surface area contributed by atoms with Crippen LogP contribution < -0.4 is 14.8 Å². The fraction of sp³-hybridized carbons (Fsp3) is 0.231. The molecule has 1 aromatic heterocycles. The van der Waals surface area contributed by atoms with Gasteiger partial charge in [-0.3, -0.25) is 4.79 Å². The van der Waals surface area contributed by atoms with Crippen molar-refractivity contribution in [1.82, 2.24) is 5.16 Å². The molecule has 0 saturated carbocycles. The lowest BCUT2D eigenvalue weighted by Crippen LogP contribution is -2.16. The largest absolute Gasteiger partial charge is 0.486 e. The molecule has 0 fully saturated rings. The van der Waals surface area contributed by atoms with Gasteiger partial charge in [0, 0.05) is 17.8 Å². The highest BCUT2D eigenvalue weighted by molar-refractivity contribution is 6.02. The summed E-state index contributed by atoms with van der Waals surface area (Å²) in [6.07, 6.45) is 0. The smallest absolute Gasteiger partial charge is 0.277 e. The first-order valence-electron chi connectivity index (χ1n) is 5.87. The minimum absolute atomic E-state index is 0.243. The highest BCUT2D eigenvalue weighted by atomic mass is 16.6. The number of carbonyl (C=O) groups excluding carboxylic acids is 1. The molecule has 0 saturated heterocycles. The van der Waals surface area contributed by atoms with Crippen LogP contribution in [-0.4, -0.2) is 24.3 Å². The second kappa shape index (κ2) is 4.64. The monoisotopic (exact) mass is 260 g/mol. The fourth-order valence-corrected chi connectivity index (χ4v) is 1.79. The van der Waals surface area contributed by atoms with E-state index in [1.807, 2.05) is 0 Å². The third kappa shape index (κ3) is 2.37. The van der Waals surface area contributed by atoms with Crippen LogP contribution in [0.4, 0.5) is 5.69 Å². The molecular weight excluding hydrogens is 248 g/mol. The van der Waals surface area contributed by atoms with Crippen molar-refractivity contribution in [2.75, 3.05) is 18.5 Å². The number of amides is 1. The third-order valence-corrected chi connectivity index (χ3v) is 2.66. The van der Waals surface area contributed by atoms with Crippen molar-refractivity contribution in [2.24, 2.45) is 0 Å². The first-order chi connectivity index (χ1) is 9.22. The van der Waals surface area contributed by atoms with Crippen molar-refractivity contribution in [1.29, 1.82) is 0 Å². The zero-order valence-corrected chi connectivity index (χ0v) is 10.3. The quantitative estimate of drug-likeness (QED) is 0.894. The Labute approximate surface area is 109 Å². The molecular formula is C13H12N2O4. The van der Waals surface area contributed by atoms with E-state index in [2.05, 4.69) is 10.5 Å². The highest BCUT2D eigenvalue weighted by Crippen LogP contribution is 2.32. The van der Waals surface area contributed by atoms with Gasteiger partial charge >= 0.3 is 0 Å². The van der Waals surface area contributed by atoms with Gasteiger partial charge in [-0.2, -0.15) is 0 Å². The van der Waals surface area contributed by atoms with Gasteiger partial charge in [-0.25, -0.2) is 0 Å². The second-order valence-electron chi connectivity index (χ2n) is 4.14. The molecule has 0 radical (unpaired) electrons. The Morgan fingerprint density at radius 2 is 2.00 bits per heavy atom. The molecule has 19 heavy (non-hydrogen) atoms. The average molecular weight is 260 g/mol. The van der Waals surface area contributed by atoms with Crippen LogP contribution in [0, 0.1) is 6.92 Å². The minimum Gasteiger partial charge on any atom is -0.486 e. The number of carbonyl (C=O) groups is 1. The number of fused-ring (bicyclic) bond motifs is 1. The molecule has 1 aromatic carbocycles. The van der Waals surface area contributed by atoms with Gasteiger partial charge in [-0.05, 0) is 19.1 Å². The fourth-order valence-electron chi connectivity index (χ4n) is 1.79. The van der Waals surface area contributed by atoms with Crippen molar-refractivity contribution in [2.45, 2.75) is 6.92 Å². The third-order valence-electron chi connectivity index (χ3n) is 2.66. The zero-order chi connectivity index (χ0) is 13.2. The van der Waals surface area contributed by atoms with Crippen LogP contribution >= 0.6 is 0 Å². The van der Waals surface area contributed by atoms with Crippen LogP contribution in [0.15, 0.2) is 28.8 Å². The molecule has 1 amide bonds. The van der Waals surface area contributed by atoms with Gasteiger partial charge in [0.05, 0.1) is 0 Å². The minimum atomic E-state index is -0.325. The Bertz CT molecular complexity index is 621. The van der Waals surface area contributed by atoms with Gasteiger partial charge in [-0.1, -0.05) is 5.16 Å². The SMILES string of the molecule is Cc1cc(C(=O)Nc2ccc3c(c2)OCCO3)no1. The topological polar surface area (TPSA) is 73.6 Å². The first kappa shape index (κ1) is 11.6. The molecule has 1 aliphatic rings. The molecule has 0 atom stereocenters. The number of hydrogen-bond donors (Lipinski definition) is 1. The summed E-state index contributed by atoms with van der Waals surface area (Å²) in [5.41, 5.74) is 0.863. The Balaban J connectivity index is 1.78.